The second kappa shape index (κ2) is 5.15. The lowest BCUT2D eigenvalue weighted by atomic mass is 9.79. The van der Waals surface area contributed by atoms with Gasteiger partial charge in [-0.25, -0.2) is 0 Å². The van der Waals surface area contributed by atoms with Crippen LogP contribution in [0.2, 0.25) is 0 Å². The lowest BCUT2D eigenvalue weighted by molar-refractivity contribution is -0.146. The van der Waals surface area contributed by atoms with Gasteiger partial charge in [-0.15, -0.1) is 0 Å². The number of nitrogens with zero attached hydrogens (tertiary/aromatic N) is 1. The number of morpholine rings is 1. The molecule has 0 aromatic carbocycles. The van der Waals surface area contributed by atoms with Crippen LogP contribution in [0.1, 0.15) is 39.5 Å². The van der Waals surface area contributed by atoms with Gasteiger partial charge in [0.15, 0.2) is 0 Å². The predicted molar refractivity (Wildman–Crippen MR) is 68.4 cm³/mol. The third-order valence-electron chi connectivity index (χ3n) is 4.15. The van der Waals surface area contributed by atoms with Gasteiger partial charge in [-0.1, -0.05) is 0 Å². The monoisotopic (exact) mass is 256 g/mol. The van der Waals surface area contributed by atoms with Crippen molar-refractivity contribution < 1.29 is 14.6 Å². The Hall–Kier alpha value is -0.650. The van der Waals surface area contributed by atoms with Gasteiger partial charge < -0.3 is 15.6 Å². The molecule has 1 saturated heterocycles. The molecule has 0 aromatic heterocycles. The van der Waals surface area contributed by atoms with Crippen molar-refractivity contribution in [2.24, 2.45) is 5.73 Å². The first-order chi connectivity index (χ1) is 8.40. The van der Waals surface area contributed by atoms with Gasteiger partial charge in [-0.2, -0.15) is 0 Å². The van der Waals surface area contributed by atoms with E-state index in [0.717, 1.165) is 25.9 Å². The van der Waals surface area contributed by atoms with Crippen molar-refractivity contribution in [1.82, 2.24) is 4.90 Å². The summed E-state index contributed by atoms with van der Waals surface area (Å²) in [5, 5.41) is 9.25. The highest BCUT2D eigenvalue weighted by molar-refractivity contribution is 5.78. The molecule has 0 radical (unpaired) electrons. The van der Waals surface area contributed by atoms with E-state index in [4.69, 9.17) is 10.5 Å². The van der Waals surface area contributed by atoms with E-state index in [1.54, 1.807) is 0 Å². The van der Waals surface area contributed by atoms with E-state index in [0.29, 0.717) is 12.8 Å². The molecule has 2 fully saturated rings. The molecule has 1 aliphatic heterocycles. The van der Waals surface area contributed by atoms with Crippen molar-refractivity contribution in [2.75, 3.05) is 13.1 Å². The van der Waals surface area contributed by atoms with Crippen LogP contribution in [-0.4, -0.2) is 52.9 Å². The summed E-state index contributed by atoms with van der Waals surface area (Å²) >= 11 is 0. The van der Waals surface area contributed by atoms with Gasteiger partial charge in [0.25, 0.3) is 0 Å². The van der Waals surface area contributed by atoms with Crippen molar-refractivity contribution in [2.45, 2.75) is 63.3 Å². The Morgan fingerprint density at radius 2 is 2.00 bits per heavy atom. The second-order valence-electron chi connectivity index (χ2n) is 5.92. The molecule has 5 nitrogen and oxygen atoms in total. The zero-order valence-corrected chi connectivity index (χ0v) is 11.3. The number of nitrogens with two attached hydrogens (primary N) is 1. The molecule has 104 valence electrons. The lowest BCUT2D eigenvalue weighted by Gasteiger charge is -2.44. The predicted octanol–water partition coefficient (Wildman–Crippen LogP) is 0.820. The minimum atomic E-state index is -1.03. The van der Waals surface area contributed by atoms with Crippen molar-refractivity contribution in [3.8, 4) is 0 Å². The summed E-state index contributed by atoms with van der Waals surface area (Å²) < 4.78 is 5.72. The zero-order chi connectivity index (χ0) is 13.3. The summed E-state index contributed by atoms with van der Waals surface area (Å²) in [4.78, 5) is 13.6. The minimum Gasteiger partial charge on any atom is -0.480 e. The summed E-state index contributed by atoms with van der Waals surface area (Å²) in [5.41, 5.74) is 4.98. The molecule has 0 aromatic rings. The van der Waals surface area contributed by atoms with Crippen LogP contribution in [-0.2, 0) is 9.53 Å². The molecule has 0 bridgehead atoms. The Balaban J connectivity index is 2.02. The van der Waals surface area contributed by atoms with Crippen molar-refractivity contribution in [3.63, 3.8) is 0 Å². The Kier molecular flexibility index (Phi) is 3.94. The molecule has 1 aliphatic carbocycles. The molecule has 0 amide bonds. The molecule has 0 spiro atoms. The minimum absolute atomic E-state index is 0.215. The van der Waals surface area contributed by atoms with Gasteiger partial charge in [0.2, 0.25) is 0 Å². The second-order valence-corrected chi connectivity index (χ2v) is 5.92. The number of carboxylic acid groups (broad SMARTS) is 1. The summed E-state index contributed by atoms with van der Waals surface area (Å²) in [5.74, 6) is -0.860. The average Bonchev–Trinajstić information content (AvgIpc) is 2.27. The zero-order valence-electron chi connectivity index (χ0n) is 11.3. The van der Waals surface area contributed by atoms with E-state index >= 15 is 0 Å². The normalized spacial score (nSPS) is 42.7. The van der Waals surface area contributed by atoms with Crippen LogP contribution >= 0.6 is 0 Å². The van der Waals surface area contributed by atoms with Crippen molar-refractivity contribution in [3.05, 3.63) is 0 Å². The van der Waals surface area contributed by atoms with Gasteiger partial charge in [0.1, 0.15) is 5.54 Å². The van der Waals surface area contributed by atoms with Gasteiger partial charge in [-0.05, 0) is 39.5 Å². The average molecular weight is 256 g/mol. The van der Waals surface area contributed by atoms with E-state index in [-0.39, 0.29) is 18.2 Å². The van der Waals surface area contributed by atoms with Gasteiger partial charge in [-0.3, -0.25) is 9.69 Å². The lowest BCUT2D eigenvalue weighted by Crippen LogP contribution is -2.58. The first kappa shape index (κ1) is 13.8. The molecule has 3 N–H and O–H groups in total. The fourth-order valence-electron chi connectivity index (χ4n) is 3.30. The fraction of sp³-hybridized carbons (Fsp3) is 0.923. The molecule has 1 heterocycles. The number of rotatable bonds is 2. The molecule has 5 heteroatoms. The fourth-order valence-corrected chi connectivity index (χ4v) is 3.30. The maximum absolute atomic E-state index is 11.3. The maximum Gasteiger partial charge on any atom is 0.323 e. The number of hydrogen-bond donors (Lipinski definition) is 2. The summed E-state index contributed by atoms with van der Waals surface area (Å²) in [7, 11) is 0. The first-order valence-corrected chi connectivity index (χ1v) is 6.82. The Bertz CT molecular complexity index is 313. The van der Waals surface area contributed by atoms with Crippen LogP contribution in [0.5, 0.6) is 0 Å². The molecule has 2 aliphatic rings. The topological polar surface area (TPSA) is 75.8 Å². The highest BCUT2D eigenvalue weighted by Crippen LogP contribution is 2.31. The number of aliphatic carboxylic acids is 1. The van der Waals surface area contributed by atoms with E-state index in [1.165, 1.54) is 0 Å². The van der Waals surface area contributed by atoms with Crippen LogP contribution in [0.25, 0.3) is 0 Å². The Morgan fingerprint density at radius 3 is 2.56 bits per heavy atom. The third-order valence-corrected chi connectivity index (χ3v) is 4.15. The largest absolute Gasteiger partial charge is 0.480 e. The van der Waals surface area contributed by atoms with E-state index in [2.05, 4.69) is 18.7 Å². The van der Waals surface area contributed by atoms with Gasteiger partial charge in [0, 0.05) is 19.1 Å². The van der Waals surface area contributed by atoms with E-state index < -0.39 is 11.5 Å². The van der Waals surface area contributed by atoms with Crippen LogP contribution in [0, 0.1) is 0 Å². The summed E-state index contributed by atoms with van der Waals surface area (Å²) in [6.07, 6.45) is 3.52. The van der Waals surface area contributed by atoms with E-state index in [1.807, 2.05) is 0 Å². The Labute approximate surface area is 108 Å². The summed E-state index contributed by atoms with van der Waals surface area (Å²) in [6, 6.07) is 0.286. The number of hydrogen-bond acceptors (Lipinski definition) is 4. The molecule has 4 atom stereocenters. The summed E-state index contributed by atoms with van der Waals surface area (Å²) in [6.45, 7) is 5.90. The van der Waals surface area contributed by atoms with Crippen LogP contribution < -0.4 is 5.73 Å². The molecule has 18 heavy (non-hydrogen) atoms. The number of carboxylic acids is 1. The van der Waals surface area contributed by atoms with Gasteiger partial charge in [0.05, 0.1) is 12.2 Å². The van der Waals surface area contributed by atoms with Crippen LogP contribution in [0.4, 0.5) is 0 Å². The third kappa shape index (κ3) is 2.84. The van der Waals surface area contributed by atoms with E-state index in [9.17, 15) is 9.90 Å². The van der Waals surface area contributed by atoms with Crippen molar-refractivity contribution in [1.29, 1.82) is 0 Å². The molecular formula is C13H24N2O3. The molecular weight excluding hydrogens is 232 g/mol. The van der Waals surface area contributed by atoms with Crippen LogP contribution in [0.15, 0.2) is 0 Å². The first-order valence-electron chi connectivity index (χ1n) is 6.82. The maximum atomic E-state index is 11.3. The molecule has 2 unspecified atom stereocenters. The SMILES string of the molecule is C[C@@H]1CN(C2CCCC(N)(C(=O)O)C2)C[C@H](C)O1. The smallest absolute Gasteiger partial charge is 0.323 e. The van der Waals surface area contributed by atoms with Gasteiger partial charge >= 0.3 is 5.97 Å². The Morgan fingerprint density at radius 1 is 1.39 bits per heavy atom. The number of ether oxygens (including phenoxy) is 1. The standard InChI is InChI=1S/C13H24N2O3/c1-9-7-15(8-10(2)18-9)11-4-3-5-13(14,6-11)12(16)17/h9-11H,3-8,14H2,1-2H3,(H,16,17)/t9-,10+,11?,13?. The van der Waals surface area contributed by atoms with Crippen molar-refractivity contribution >= 4 is 5.97 Å². The molecule has 1 saturated carbocycles. The quantitative estimate of drug-likeness (QED) is 0.765. The highest BCUT2D eigenvalue weighted by atomic mass is 16.5. The van der Waals surface area contributed by atoms with Crippen LogP contribution in [0.3, 0.4) is 0 Å². The highest BCUT2D eigenvalue weighted by Gasteiger charge is 2.42. The number of carbonyl (C=O) groups is 1. The molecule has 2 rings (SSSR count).